The third-order valence-corrected chi connectivity index (χ3v) is 6.65. The van der Waals surface area contributed by atoms with Gasteiger partial charge in [-0.15, -0.1) is 21.5 Å². The maximum atomic E-state index is 12.4. The molecular weight excluding hydrogens is 438 g/mol. The Hall–Kier alpha value is -3.41. The van der Waals surface area contributed by atoms with Crippen LogP contribution < -0.4 is 5.32 Å². The van der Waals surface area contributed by atoms with E-state index in [4.69, 9.17) is 5.26 Å². The molecule has 0 unspecified atom stereocenters. The second-order valence-corrected chi connectivity index (χ2v) is 9.04. The zero-order valence-electron chi connectivity index (χ0n) is 17.3. The lowest BCUT2D eigenvalue weighted by Gasteiger charge is -2.10. The predicted octanol–water partition coefficient (Wildman–Crippen LogP) is 4.78. The second kappa shape index (κ2) is 10.8. The van der Waals surface area contributed by atoms with Gasteiger partial charge in [0.25, 0.3) is 0 Å². The first-order chi connectivity index (χ1) is 15.7. The van der Waals surface area contributed by atoms with Crippen molar-refractivity contribution in [3.63, 3.8) is 0 Å². The maximum Gasteiger partial charge on any atom is 0.234 e. The summed E-state index contributed by atoms with van der Waals surface area (Å²) in [6.45, 7) is 0.747. The number of thiophene rings is 1. The fraction of sp³-hybridized carbons (Fsp3) is 0.167. The number of carbonyl (C=O) groups excluding carboxylic acids is 1. The Labute approximate surface area is 194 Å². The second-order valence-electron chi connectivity index (χ2n) is 7.07. The van der Waals surface area contributed by atoms with E-state index in [0.29, 0.717) is 11.3 Å². The highest BCUT2D eigenvalue weighted by Gasteiger charge is 2.15. The average molecular weight is 460 g/mol. The molecule has 0 saturated heterocycles. The summed E-state index contributed by atoms with van der Waals surface area (Å²) in [7, 11) is 0. The van der Waals surface area contributed by atoms with Crippen LogP contribution in [0.5, 0.6) is 0 Å². The van der Waals surface area contributed by atoms with Gasteiger partial charge in [0.15, 0.2) is 5.16 Å². The van der Waals surface area contributed by atoms with Crippen LogP contribution >= 0.6 is 23.1 Å². The summed E-state index contributed by atoms with van der Waals surface area (Å²) in [5, 5.41) is 23.3. The van der Waals surface area contributed by atoms with E-state index in [1.54, 1.807) is 35.6 Å². The summed E-state index contributed by atoms with van der Waals surface area (Å²) < 4.78 is 2.12. The van der Waals surface area contributed by atoms with Gasteiger partial charge >= 0.3 is 0 Å². The van der Waals surface area contributed by atoms with Gasteiger partial charge in [0, 0.05) is 23.5 Å². The Balaban J connectivity index is 1.43. The molecule has 0 saturated carbocycles. The quantitative estimate of drug-likeness (QED) is 0.364. The van der Waals surface area contributed by atoms with Crippen molar-refractivity contribution >= 4 is 34.7 Å². The number of benzene rings is 2. The average Bonchev–Trinajstić information content (AvgIpc) is 3.48. The van der Waals surface area contributed by atoms with E-state index in [0.717, 1.165) is 30.4 Å². The SMILES string of the molecule is N#Cc1ccc(NC(=O)CSc2nnc(Cc3cccs3)n2CCc2ccccc2)cc1. The number of thioether (sulfide) groups is 1. The lowest BCUT2D eigenvalue weighted by atomic mass is 10.1. The van der Waals surface area contributed by atoms with E-state index in [1.165, 1.54) is 22.2 Å². The van der Waals surface area contributed by atoms with Crippen molar-refractivity contribution in [2.75, 3.05) is 11.1 Å². The van der Waals surface area contributed by atoms with E-state index in [2.05, 4.69) is 49.7 Å². The predicted molar refractivity (Wildman–Crippen MR) is 128 cm³/mol. The number of hydrogen-bond donors (Lipinski definition) is 1. The van der Waals surface area contributed by atoms with Crippen molar-refractivity contribution in [3.05, 3.63) is 93.9 Å². The van der Waals surface area contributed by atoms with Crippen molar-refractivity contribution in [2.24, 2.45) is 0 Å². The molecule has 1 N–H and O–H groups in total. The van der Waals surface area contributed by atoms with Crippen LogP contribution in [0.4, 0.5) is 5.69 Å². The van der Waals surface area contributed by atoms with E-state index >= 15 is 0 Å². The van der Waals surface area contributed by atoms with E-state index in [9.17, 15) is 4.79 Å². The third kappa shape index (κ3) is 5.84. The smallest absolute Gasteiger partial charge is 0.234 e. The Morgan fingerprint density at radius 2 is 1.88 bits per heavy atom. The van der Waals surface area contributed by atoms with Crippen molar-refractivity contribution in [3.8, 4) is 6.07 Å². The molecule has 0 atom stereocenters. The van der Waals surface area contributed by atoms with E-state index in [1.807, 2.05) is 24.3 Å². The molecule has 0 bridgehead atoms. The lowest BCUT2D eigenvalue weighted by molar-refractivity contribution is -0.113. The van der Waals surface area contributed by atoms with Gasteiger partial charge in [0.1, 0.15) is 5.82 Å². The van der Waals surface area contributed by atoms with Gasteiger partial charge in [0.05, 0.1) is 17.4 Å². The number of anilines is 1. The molecule has 2 heterocycles. The Kier molecular flexibility index (Phi) is 7.33. The van der Waals surface area contributed by atoms with Crippen LogP contribution in [0.2, 0.25) is 0 Å². The molecule has 2 aromatic heterocycles. The molecule has 0 spiro atoms. The maximum absolute atomic E-state index is 12.4. The molecule has 6 nitrogen and oxygen atoms in total. The topological polar surface area (TPSA) is 83.6 Å². The number of rotatable bonds is 9. The van der Waals surface area contributed by atoms with Crippen molar-refractivity contribution < 1.29 is 4.79 Å². The molecule has 0 fully saturated rings. The summed E-state index contributed by atoms with van der Waals surface area (Å²) in [6.07, 6.45) is 1.58. The van der Waals surface area contributed by atoms with E-state index < -0.39 is 0 Å². The molecular formula is C24H21N5OS2. The molecule has 0 aliphatic rings. The highest BCUT2D eigenvalue weighted by Crippen LogP contribution is 2.21. The molecule has 0 aliphatic carbocycles. The fourth-order valence-corrected chi connectivity index (χ4v) is 4.68. The van der Waals surface area contributed by atoms with Crippen LogP contribution in [-0.4, -0.2) is 26.4 Å². The molecule has 0 radical (unpaired) electrons. The van der Waals surface area contributed by atoms with Gasteiger partial charge in [-0.05, 0) is 47.7 Å². The number of aromatic nitrogens is 3. The third-order valence-electron chi connectivity index (χ3n) is 4.80. The van der Waals surface area contributed by atoms with Gasteiger partial charge in [-0.2, -0.15) is 5.26 Å². The van der Waals surface area contributed by atoms with Crippen molar-refractivity contribution in [2.45, 2.75) is 24.5 Å². The molecule has 8 heteroatoms. The number of nitriles is 1. The van der Waals surface area contributed by atoms with Crippen molar-refractivity contribution in [1.29, 1.82) is 5.26 Å². The molecule has 4 rings (SSSR count). The number of hydrogen-bond acceptors (Lipinski definition) is 6. The van der Waals surface area contributed by atoms with Crippen LogP contribution in [-0.2, 0) is 24.2 Å². The summed E-state index contributed by atoms with van der Waals surface area (Å²) in [5.74, 6) is 0.998. The van der Waals surface area contributed by atoms with Crippen LogP contribution in [0.3, 0.4) is 0 Å². The standard InChI is InChI=1S/C24H21N5OS2/c25-16-19-8-10-20(11-9-19)26-23(30)17-32-24-28-27-22(15-21-7-4-14-31-21)29(24)13-12-18-5-2-1-3-6-18/h1-11,14H,12-13,15,17H2,(H,26,30). The van der Waals surface area contributed by atoms with Gasteiger partial charge in [-0.3, -0.25) is 4.79 Å². The number of aryl methyl sites for hydroxylation is 1. The number of nitrogens with zero attached hydrogens (tertiary/aromatic N) is 4. The zero-order chi connectivity index (χ0) is 22.2. The summed E-state index contributed by atoms with van der Waals surface area (Å²) in [4.78, 5) is 13.7. The minimum atomic E-state index is -0.128. The Bertz CT molecular complexity index is 1200. The van der Waals surface area contributed by atoms with Crippen LogP contribution in [0.1, 0.15) is 21.8 Å². The first-order valence-corrected chi connectivity index (χ1v) is 12.0. The van der Waals surface area contributed by atoms with Crippen molar-refractivity contribution in [1.82, 2.24) is 14.8 Å². The number of nitrogens with one attached hydrogen (secondary N) is 1. The molecule has 4 aromatic rings. The molecule has 2 aromatic carbocycles. The van der Waals surface area contributed by atoms with Gasteiger partial charge in [0.2, 0.25) is 5.91 Å². The minimum Gasteiger partial charge on any atom is -0.325 e. The largest absolute Gasteiger partial charge is 0.325 e. The molecule has 160 valence electrons. The summed E-state index contributed by atoms with van der Waals surface area (Å²) in [6, 6.07) is 23.3. The molecule has 32 heavy (non-hydrogen) atoms. The lowest BCUT2D eigenvalue weighted by Crippen LogP contribution is -2.15. The van der Waals surface area contributed by atoms with E-state index in [-0.39, 0.29) is 11.7 Å². The first-order valence-electron chi connectivity index (χ1n) is 10.1. The van der Waals surface area contributed by atoms with Crippen LogP contribution in [0, 0.1) is 11.3 Å². The summed E-state index contributed by atoms with van der Waals surface area (Å²) >= 11 is 3.08. The highest BCUT2D eigenvalue weighted by atomic mass is 32.2. The van der Waals surface area contributed by atoms with Crippen LogP contribution in [0.15, 0.2) is 77.3 Å². The zero-order valence-corrected chi connectivity index (χ0v) is 18.9. The Morgan fingerprint density at radius 1 is 1.06 bits per heavy atom. The minimum absolute atomic E-state index is 0.128. The Morgan fingerprint density at radius 3 is 2.59 bits per heavy atom. The fourth-order valence-electron chi connectivity index (χ4n) is 3.19. The normalized spacial score (nSPS) is 10.6. The molecule has 0 aliphatic heterocycles. The van der Waals surface area contributed by atoms with Gasteiger partial charge in [-0.25, -0.2) is 0 Å². The number of carbonyl (C=O) groups is 1. The van der Waals surface area contributed by atoms with Crippen LogP contribution in [0.25, 0.3) is 0 Å². The first kappa shape index (κ1) is 21.8. The molecule has 1 amide bonds. The number of amides is 1. The van der Waals surface area contributed by atoms with Gasteiger partial charge in [-0.1, -0.05) is 48.2 Å². The monoisotopic (exact) mass is 459 g/mol. The summed E-state index contributed by atoms with van der Waals surface area (Å²) in [5.41, 5.74) is 2.47. The van der Waals surface area contributed by atoms with Gasteiger partial charge < -0.3 is 9.88 Å². The highest BCUT2D eigenvalue weighted by molar-refractivity contribution is 7.99.